The summed E-state index contributed by atoms with van der Waals surface area (Å²) in [6.45, 7) is 1.02. The summed E-state index contributed by atoms with van der Waals surface area (Å²) in [6.07, 6.45) is 0. The lowest BCUT2D eigenvalue weighted by atomic mass is 10.1. The highest BCUT2D eigenvalue weighted by molar-refractivity contribution is 5.96. The minimum atomic E-state index is -0.685. The highest BCUT2D eigenvalue weighted by Crippen LogP contribution is 2.21. The third-order valence-corrected chi connectivity index (χ3v) is 3.41. The standard InChI is InChI=1S/C17H16N2O6/c1-11-2-7-14(19(23)24)8-15(11)18-16(21)10-25-17(22)13-5-3-12(9-20)4-6-13/h2-8,20H,9-10H2,1H3,(H,18,21). The third kappa shape index (κ3) is 4.85. The molecule has 0 aromatic heterocycles. The van der Waals surface area contributed by atoms with Gasteiger partial charge in [0.15, 0.2) is 6.61 Å². The number of anilines is 1. The fourth-order valence-corrected chi connectivity index (χ4v) is 2.01. The smallest absolute Gasteiger partial charge is 0.338 e. The van der Waals surface area contributed by atoms with Gasteiger partial charge in [-0.1, -0.05) is 18.2 Å². The first-order valence-corrected chi connectivity index (χ1v) is 7.32. The monoisotopic (exact) mass is 344 g/mol. The molecule has 0 aliphatic rings. The Kier molecular flexibility index (Phi) is 5.80. The van der Waals surface area contributed by atoms with E-state index in [1.54, 1.807) is 19.1 Å². The van der Waals surface area contributed by atoms with E-state index >= 15 is 0 Å². The molecule has 2 aromatic carbocycles. The number of nitrogens with one attached hydrogen (secondary N) is 1. The number of aryl methyl sites for hydroxylation is 1. The maximum Gasteiger partial charge on any atom is 0.338 e. The molecule has 0 bridgehead atoms. The number of carbonyl (C=O) groups is 2. The van der Waals surface area contributed by atoms with Gasteiger partial charge in [0, 0.05) is 12.1 Å². The van der Waals surface area contributed by atoms with Crippen LogP contribution < -0.4 is 5.32 Å². The van der Waals surface area contributed by atoms with E-state index in [1.165, 1.54) is 30.3 Å². The SMILES string of the molecule is Cc1ccc([N+](=O)[O-])cc1NC(=O)COC(=O)c1ccc(CO)cc1. The van der Waals surface area contributed by atoms with Crippen LogP contribution in [0.15, 0.2) is 42.5 Å². The number of rotatable bonds is 6. The lowest BCUT2D eigenvalue weighted by Crippen LogP contribution is -2.21. The van der Waals surface area contributed by atoms with Gasteiger partial charge in [-0.15, -0.1) is 0 Å². The van der Waals surface area contributed by atoms with Crippen LogP contribution in [-0.2, 0) is 16.1 Å². The molecule has 0 fully saturated rings. The molecule has 2 aromatic rings. The first-order chi connectivity index (χ1) is 11.9. The Bertz CT molecular complexity index is 801. The zero-order valence-corrected chi connectivity index (χ0v) is 13.4. The van der Waals surface area contributed by atoms with Crippen molar-refractivity contribution in [1.29, 1.82) is 0 Å². The molecule has 2 rings (SSSR count). The molecule has 0 saturated heterocycles. The Morgan fingerprint density at radius 3 is 2.48 bits per heavy atom. The third-order valence-electron chi connectivity index (χ3n) is 3.41. The number of nitrogens with zero attached hydrogens (tertiary/aromatic N) is 1. The zero-order chi connectivity index (χ0) is 18.4. The number of nitro groups is 1. The molecule has 2 N–H and O–H groups in total. The van der Waals surface area contributed by atoms with Gasteiger partial charge in [0.1, 0.15) is 0 Å². The molecule has 0 aliphatic carbocycles. The van der Waals surface area contributed by atoms with E-state index in [0.29, 0.717) is 11.1 Å². The van der Waals surface area contributed by atoms with E-state index in [-0.39, 0.29) is 23.5 Å². The van der Waals surface area contributed by atoms with Crippen molar-refractivity contribution in [3.63, 3.8) is 0 Å². The molecular formula is C17H16N2O6. The molecule has 1 amide bonds. The van der Waals surface area contributed by atoms with Crippen molar-refractivity contribution in [1.82, 2.24) is 0 Å². The largest absolute Gasteiger partial charge is 0.452 e. The second-order valence-electron chi connectivity index (χ2n) is 5.24. The van der Waals surface area contributed by atoms with Crippen LogP contribution in [0.3, 0.4) is 0 Å². The summed E-state index contributed by atoms with van der Waals surface area (Å²) in [5.41, 5.74) is 1.67. The Balaban J connectivity index is 1.95. The van der Waals surface area contributed by atoms with Crippen LogP contribution in [0, 0.1) is 17.0 Å². The summed E-state index contributed by atoms with van der Waals surface area (Å²) in [7, 11) is 0. The van der Waals surface area contributed by atoms with Crippen LogP contribution in [0.5, 0.6) is 0 Å². The number of esters is 1. The molecule has 0 unspecified atom stereocenters. The Morgan fingerprint density at radius 1 is 1.20 bits per heavy atom. The zero-order valence-electron chi connectivity index (χ0n) is 13.4. The molecule has 0 aliphatic heterocycles. The number of carbonyl (C=O) groups excluding carboxylic acids is 2. The maximum absolute atomic E-state index is 11.9. The fourth-order valence-electron chi connectivity index (χ4n) is 2.01. The van der Waals surface area contributed by atoms with E-state index in [2.05, 4.69) is 5.32 Å². The lowest BCUT2D eigenvalue weighted by molar-refractivity contribution is -0.384. The average molecular weight is 344 g/mol. The van der Waals surface area contributed by atoms with Crippen molar-refractivity contribution in [2.45, 2.75) is 13.5 Å². The summed E-state index contributed by atoms with van der Waals surface area (Å²) in [5, 5.41) is 22.2. The minimum absolute atomic E-state index is 0.139. The Hall–Kier alpha value is -3.26. The van der Waals surface area contributed by atoms with E-state index in [9.17, 15) is 19.7 Å². The predicted molar refractivity (Wildman–Crippen MR) is 89.1 cm³/mol. The second kappa shape index (κ2) is 8.02. The number of hydrogen-bond donors (Lipinski definition) is 2. The van der Waals surface area contributed by atoms with Crippen LogP contribution in [0.2, 0.25) is 0 Å². The maximum atomic E-state index is 11.9. The number of nitro benzene ring substituents is 1. The number of non-ortho nitro benzene ring substituents is 1. The van der Waals surface area contributed by atoms with E-state index in [0.717, 1.165) is 0 Å². The number of hydrogen-bond acceptors (Lipinski definition) is 6. The van der Waals surface area contributed by atoms with Gasteiger partial charge in [-0.2, -0.15) is 0 Å². The summed E-state index contributed by atoms with van der Waals surface area (Å²) in [5.74, 6) is -1.29. The van der Waals surface area contributed by atoms with Crippen molar-refractivity contribution in [2.75, 3.05) is 11.9 Å². The Morgan fingerprint density at radius 2 is 1.88 bits per heavy atom. The number of ether oxygens (including phenoxy) is 1. The van der Waals surface area contributed by atoms with Gasteiger partial charge >= 0.3 is 5.97 Å². The summed E-state index contributed by atoms with van der Waals surface area (Å²) in [6, 6.07) is 10.2. The highest BCUT2D eigenvalue weighted by atomic mass is 16.6. The quantitative estimate of drug-likeness (QED) is 0.471. The number of aliphatic hydroxyl groups is 1. The molecule has 0 radical (unpaired) electrons. The molecular weight excluding hydrogens is 328 g/mol. The normalized spacial score (nSPS) is 10.2. The molecule has 8 nitrogen and oxygen atoms in total. The van der Waals surface area contributed by atoms with Crippen LogP contribution in [0.1, 0.15) is 21.5 Å². The summed E-state index contributed by atoms with van der Waals surface area (Å²) < 4.78 is 4.91. The van der Waals surface area contributed by atoms with Crippen molar-refractivity contribution in [3.8, 4) is 0 Å². The Labute approximate surface area is 143 Å². The topological polar surface area (TPSA) is 119 Å². The molecule has 0 heterocycles. The lowest BCUT2D eigenvalue weighted by Gasteiger charge is -2.09. The highest BCUT2D eigenvalue weighted by Gasteiger charge is 2.13. The van der Waals surface area contributed by atoms with Gasteiger partial charge < -0.3 is 15.2 Å². The van der Waals surface area contributed by atoms with Crippen LogP contribution in [-0.4, -0.2) is 28.5 Å². The van der Waals surface area contributed by atoms with Crippen molar-refractivity contribution in [2.24, 2.45) is 0 Å². The molecule has 8 heteroatoms. The first kappa shape index (κ1) is 18.1. The van der Waals surface area contributed by atoms with E-state index in [1.807, 2.05) is 0 Å². The first-order valence-electron chi connectivity index (χ1n) is 7.32. The summed E-state index contributed by atoms with van der Waals surface area (Å²) in [4.78, 5) is 34.0. The van der Waals surface area contributed by atoms with Gasteiger partial charge in [-0.25, -0.2) is 4.79 Å². The molecule has 130 valence electrons. The number of aliphatic hydroxyl groups excluding tert-OH is 1. The molecule has 25 heavy (non-hydrogen) atoms. The van der Waals surface area contributed by atoms with E-state index < -0.39 is 23.4 Å². The van der Waals surface area contributed by atoms with Crippen LogP contribution in [0.25, 0.3) is 0 Å². The minimum Gasteiger partial charge on any atom is -0.452 e. The fraction of sp³-hybridized carbons (Fsp3) is 0.176. The van der Waals surface area contributed by atoms with E-state index in [4.69, 9.17) is 9.84 Å². The van der Waals surface area contributed by atoms with Gasteiger partial charge in [-0.3, -0.25) is 14.9 Å². The van der Waals surface area contributed by atoms with Crippen LogP contribution in [0.4, 0.5) is 11.4 Å². The summed E-state index contributed by atoms with van der Waals surface area (Å²) >= 11 is 0. The number of benzene rings is 2. The number of amides is 1. The van der Waals surface area contributed by atoms with Crippen molar-refractivity contribution in [3.05, 3.63) is 69.3 Å². The molecule has 0 atom stereocenters. The van der Waals surface area contributed by atoms with Crippen LogP contribution >= 0.6 is 0 Å². The average Bonchev–Trinajstić information content (AvgIpc) is 2.61. The van der Waals surface area contributed by atoms with Gasteiger partial charge in [0.2, 0.25) is 0 Å². The van der Waals surface area contributed by atoms with Crippen molar-refractivity contribution >= 4 is 23.3 Å². The van der Waals surface area contributed by atoms with Gasteiger partial charge in [0.05, 0.1) is 22.8 Å². The van der Waals surface area contributed by atoms with Gasteiger partial charge in [0.25, 0.3) is 11.6 Å². The van der Waals surface area contributed by atoms with Gasteiger partial charge in [-0.05, 0) is 30.2 Å². The second-order valence-corrected chi connectivity index (χ2v) is 5.24. The predicted octanol–water partition coefficient (Wildman–Crippen LogP) is 2.19. The van der Waals surface area contributed by atoms with Crippen molar-refractivity contribution < 1.29 is 24.4 Å². The molecule has 0 spiro atoms. The molecule has 0 saturated carbocycles.